The Morgan fingerprint density at radius 1 is 1.39 bits per heavy atom. The fourth-order valence-electron chi connectivity index (χ4n) is 1.89. The standard InChI is InChI=1S/C13H26N4O/c1-3-4-5-6-7-12(2)14-10-13-11-17(8-9-18)16-15-13/h11-12,14,18H,3-10H2,1-2H3. The molecule has 104 valence electrons. The van der Waals surface area contributed by atoms with Crippen molar-refractivity contribution in [3.8, 4) is 0 Å². The molecule has 0 saturated heterocycles. The van der Waals surface area contributed by atoms with E-state index in [4.69, 9.17) is 5.11 Å². The molecular formula is C13H26N4O. The summed E-state index contributed by atoms with van der Waals surface area (Å²) in [6.45, 7) is 5.81. The molecule has 18 heavy (non-hydrogen) atoms. The first-order chi connectivity index (χ1) is 8.76. The summed E-state index contributed by atoms with van der Waals surface area (Å²) in [4.78, 5) is 0. The third-order valence-corrected chi connectivity index (χ3v) is 3.04. The van der Waals surface area contributed by atoms with Crippen LogP contribution in [0.25, 0.3) is 0 Å². The van der Waals surface area contributed by atoms with E-state index in [1.807, 2.05) is 6.20 Å². The van der Waals surface area contributed by atoms with Gasteiger partial charge in [0.15, 0.2) is 0 Å². The van der Waals surface area contributed by atoms with Gasteiger partial charge in [0.2, 0.25) is 0 Å². The second-order valence-corrected chi connectivity index (χ2v) is 4.83. The van der Waals surface area contributed by atoms with Crippen LogP contribution < -0.4 is 5.32 Å². The van der Waals surface area contributed by atoms with Crippen LogP contribution in [0.15, 0.2) is 6.20 Å². The molecule has 1 aromatic rings. The minimum Gasteiger partial charge on any atom is -0.394 e. The molecule has 5 nitrogen and oxygen atoms in total. The number of unbranched alkanes of at least 4 members (excludes halogenated alkanes) is 3. The number of nitrogens with one attached hydrogen (secondary N) is 1. The molecule has 2 N–H and O–H groups in total. The first-order valence-corrected chi connectivity index (χ1v) is 6.99. The van der Waals surface area contributed by atoms with Crippen molar-refractivity contribution in [2.24, 2.45) is 0 Å². The highest BCUT2D eigenvalue weighted by Gasteiger charge is 2.04. The molecule has 0 aliphatic rings. The molecule has 0 saturated carbocycles. The van der Waals surface area contributed by atoms with Gasteiger partial charge in [-0.3, -0.25) is 0 Å². The molecule has 0 amide bonds. The minimum atomic E-state index is 0.101. The molecule has 0 spiro atoms. The highest BCUT2D eigenvalue weighted by molar-refractivity contribution is 4.91. The first-order valence-electron chi connectivity index (χ1n) is 6.99. The Balaban J connectivity index is 2.14. The topological polar surface area (TPSA) is 63.0 Å². The third kappa shape index (κ3) is 6.12. The number of rotatable bonds is 10. The minimum absolute atomic E-state index is 0.101. The zero-order chi connectivity index (χ0) is 13.2. The zero-order valence-electron chi connectivity index (χ0n) is 11.6. The van der Waals surface area contributed by atoms with Crippen LogP contribution in [-0.4, -0.2) is 32.7 Å². The molecule has 0 fully saturated rings. The average Bonchev–Trinajstić information content (AvgIpc) is 2.80. The molecule has 1 rings (SSSR count). The van der Waals surface area contributed by atoms with E-state index in [0.29, 0.717) is 12.6 Å². The van der Waals surface area contributed by atoms with E-state index in [9.17, 15) is 0 Å². The Kier molecular flexibility index (Phi) is 7.60. The summed E-state index contributed by atoms with van der Waals surface area (Å²) in [5.41, 5.74) is 0.934. The van der Waals surface area contributed by atoms with Gasteiger partial charge in [-0.1, -0.05) is 37.8 Å². The van der Waals surface area contributed by atoms with Crippen molar-refractivity contribution in [1.82, 2.24) is 20.3 Å². The lowest BCUT2D eigenvalue weighted by Gasteiger charge is -2.12. The summed E-state index contributed by atoms with van der Waals surface area (Å²) < 4.78 is 1.67. The zero-order valence-corrected chi connectivity index (χ0v) is 11.6. The van der Waals surface area contributed by atoms with Gasteiger partial charge < -0.3 is 10.4 Å². The van der Waals surface area contributed by atoms with Crippen LogP contribution in [0.2, 0.25) is 0 Å². The lowest BCUT2D eigenvalue weighted by molar-refractivity contribution is 0.268. The third-order valence-electron chi connectivity index (χ3n) is 3.04. The quantitative estimate of drug-likeness (QED) is 0.624. The number of aliphatic hydroxyl groups excluding tert-OH is 1. The Morgan fingerprint density at radius 2 is 2.22 bits per heavy atom. The Hall–Kier alpha value is -0.940. The molecule has 1 atom stereocenters. The normalized spacial score (nSPS) is 12.8. The van der Waals surface area contributed by atoms with Crippen molar-refractivity contribution in [2.45, 2.75) is 65.1 Å². The lowest BCUT2D eigenvalue weighted by Crippen LogP contribution is -2.25. The van der Waals surface area contributed by atoms with E-state index in [2.05, 4.69) is 29.5 Å². The van der Waals surface area contributed by atoms with Gasteiger partial charge in [-0.15, -0.1) is 5.10 Å². The summed E-state index contributed by atoms with van der Waals surface area (Å²) in [7, 11) is 0. The molecule has 0 aromatic carbocycles. The van der Waals surface area contributed by atoms with Crippen molar-refractivity contribution in [3.05, 3.63) is 11.9 Å². The van der Waals surface area contributed by atoms with Crippen LogP contribution in [0.3, 0.4) is 0 Å². The van der Waals surface area contributed by atoms with Gasteiger partial charge in [0.25, 0.3) is 0 Å². The highest BCUT2D eigenvalue weighted by atomic mass is 16.3. The van der Waals surface area contributed by atoms with Gasteiger partial charge >= 0.3 is 0 Å². The lowest BCUT2D eigenvalue weighted by atomic mass is 10.1. The maximum absolute atomic E-state index is 8.78. The molecule has 1 aromatic heterocycles. The SMILES string of the molecule is CCCCCCC(C)NCc1cn(CCO)nn1. The summed E-state index contributed by atoms with van der Waals surface area (Å²) >= 11 is 0. The fraction of sp³-hybridized carbons (Fsp3) is 0.846. The highest BCUT2D eigenvalue weighted by Crippen LogP contribution is 2.05. The van der Waals surface area contributed by atoms with Crippen LogP contribution in [0.5, 0.6) is 0 Å². The van der Waals surface area contributed by atoms with Gasteiger partial charge in [-0.2, -0.15) is 0 Å². The molecule has 0 aliphatic heterocycles. The smallest absolute Gasteiger partial charge is 0.0964 e. The second kappa shape index (κ2) is 9.05. The number of hydrogen-bond acceptors (Lipinski definition) is 4. The van der Waals surface area contributed by atoms with E-state index >= 15 is 0 Å². The van der Waals surface area contributed by atoms with Gasteiger partial charge in [-0.25, -0.2) is 4.68 Å². The summed E-state index contributed by atoms with van der Waals surface area (Å²) in [5, 5.41) is 20.2. The maximum atomic E-state index is 8.78. The van der Waals surface area contributed by atoms with Crippen LogP contribution in [0, 0.1) is 0 Å². The summed E-state index contributed by atoms with van der Waals surface area (Å²) in [6.07, 6.45) is 8.34. The number of aliphatic hydroxyl groups is 1. The largest absolute Gasteiger partial charge is 0.394 e. The molecule has 0 bridgehead atoms. The fourth-order valence-corrected chi connectivity index (χ4v) is 1.89. The number of nitrogens with zero attached hydrogens (tertiary/aromatic N) is 3. The number of hydrogen-bond donors (Lipinski definition) is 2. The Labute approximate surface area is 110 Å². The van der Waals surface area contributed by atoms with Crippen LogP contribution in [-0.2, 0) is 13.1 Å². The molecule has 5 heteroatoms. The molecule has 0 radical (unpaired) electrons. The van der Waals surface area contributed by atoms with Gasteiger partial charge in [0.05, 0.1) is 18.8 Å². The van der Waals surface area contributed by atoms with Gasteiger partial charge in [0.1, 0.15) is 0 Å². The summed E-state index contributed by atoms with van der Waals surface area (Å²) in [6, 6.07) is 0.518. The van der Waals surface area contributed by atoms with E-state index in [1.54, 1.807) is 4.68 Å². The van der Waals surface area contributed by atoms with E-state index in [1.165, 1.54) is 32.1 Å². The van der Waals surface area contributed by atoms with E-state index in [-0.39, 0.29) is 6.61 Å². The number of aromatic nitrogens is 3. The van der Waals surface area contributed by atoms with Gasteiger partial charge in [-0.05, 0) is 13.3 Å². The Morgan fingerprint density at radius 3 is 2.94 bits per heavy atom. The Bertz CT molecular complexity index is 314. The van der Waals surface area contributed by atoms with Gasteiger partial charge in [0, 0.05) is 18.8 Å². The predicted octanol–water partition coefficient (Wildman–Crippen LogP) is 1.72. The monoisotopic (exact) mass is 254 g/mol. The molecule has 0 aliphatic carbocycles. The van der Waals surface area contributed by atoms with Crippen LogP contribution >= 0.6 is 0 Å². The average molecular weight is 254 g/mol. The first kappa shape index (κ1) is 15.1. The summed E-state index contributed by atoms with van der Waals surface area (Å²) in [5.74, 6) is 0. The molecular weight excluding hydrogens is 228 g/mol. The van der Waals surface area contributed by atoms with Crippen LogP contribution in [0.4, 0.5) is 0 Å². The van der Waals surface area contributed by atoms with Crippen molar-refractivity contribution < 1.29 is 5.11 Å². The van der Waals surface area contributed by atoms with E-state index in [0.717, 1.165) is 12.2 Å². The van der Waals surface area contributed by atoms with Crippen molar-refractivity contribution in [1.29, 1.82) is 0 Å². The second-order valence-electron chi connectivity index (χ2n) is 4.83. The molecule has 1 heterocycles. The van der Waals surface area contributed by atoms with Crippen LogP contribution in [0.1, 0.15) is 51.6 Å². The predicted molar refractivity (Wildman–Crippen MR) is 72.2 cm³/mol. The maximum Gasteiger partial charge on any atom is 0.0964 e. The van der Waals surface area contributed by atoms with Crippen molar-refractivity contribution in [2.75, 3.05) is 6.61 Å². The van der Waals surface area contributed by atoms with Crippen molar-refractivity contribution in [3.63, 3.8) is 0 Å². The molecule has 1 unspecified atom stereocenters. The van der Waals surface area contributed by atoms with Crippen molar-refractivity contribution >= 4 is 0 Å². The van der Waals surface area contributed by atoms with E-state index < -0.39 is 0 Å².